The van der Waals surface area contributed by atoms with E-state index in [2.05, 4.69) is 97.1 Å². The molecule has 2 atom stereocenters. The lowest BCUT2D eigenvalue weighted by atomic mass is 10.2. The molecule has 284 valence electrons. The first-order valence-corrected chi connectivity index (χ1v) is 20.8. The van der Waals surface area contributed by atoms with E-state index in [0.717, 1.165) is 71.5 Å². The molecule has 6 aromatic rings. The van der Waals surface area contributed by atoms with E-state index in [4.69, 9.17) is 15.7 Å². The maximum atomic E-state index is 13.1. The van der Waals surface area contributed by atoms with Crippen molar-refractivity contribution in [2.24, 2.45) is 0 Å². The van der Waals surface area contributed by atoms with Crippen molar-refractivity contribution < 1.29 is 4.79 Å². The molecule has 4 aromatic heterocycles. The highest BCUT2D eigenvalue weighted by atomic mass is 32.2. The number of urea groups is 1. The highest BCUT2D eigenvalue weighted by Crippen LogP contribution is 2.41. The SMILES string of the molecule is Nc1ccccn1.O=C(Nc1ccccn1)N1c2nc(SCc3ccccc3)ccc2N2CC[C@H]1C2.c1ccc(CSc2ccc3c(n2)N[C@H]2CCN3C2)cc1. The van der Waals surface area contributed by atoms with Crippen molar-refractivity contribution in [3.8, 4) is 0 Å². The standard InChI is InChI=1S/C22H21N5OS.C16H17N3S.C5H6N2/c28-22(24-19-8-4-5-12-23-19)27-17-11-13-26(14-17)18-9-10-20(25-21(18)27)29-15-16-6-2-1-3-7-16;1-2-4-12(5-3-1)11-20-15-7-6-14-16(18-15)17-13-8-9-19(14)10-13;6-5-3-1-2-4-7-5/h1-10,12,17H,11,13-15H2,(H,23,24,28);1-7,13H,8-11H2,(H,17,18);1-4H,(H2,6,7)/t17-;13-;/m00./s1. The van der Waals surface area contributed by atoms with Crippen molar-refractivity contribution in [3.05, 3.63) is 145 Å². The van der Waals surface area contributed by atoms with Crippen molar-refractivity contribution in [1.82, 2.24) is 19.9 Å². The summed E-state index contributed by atoms with van der Waals surface area (Å²) in [5.41, 5.74) is 10.1. The van der Waals surface area contributed by atoms with Crippen LogP contribution in [-0.2, 0) is 11.5 Å². The fourth-order valence-corrected chi connectivity index (χ4v) is 8.80. The number of anilines is 6. The number of nitrogen functional groups attached to an aromatic ring is 1. The summed E-state index contributed by atoms with van der Waals surface area (Å²) in [5, 5.41) is 8.51. The van der Waals surface area contributed by atoms with Crippen LogP contribution in [-0.4, -0.2) is 64.2 Å². The summed E-state index contributed by atoms with van der Waals surface area (Å²) >= 11 is 3.49. The van der Waals surface area contributed by atoms with Gasteiger partial charge < -0.3 is 20.9 Å². The number of nitrogens with one attached hydrogen (secondary N) is 2. The van der Waals surface area contributed by atoms with E-state index >= 15 is 0 Å². The third kappa shape index (κ3) is 9.18. The molecule has 4 bridgehead atoms. The molecule has 2 amide bonds. The molecule has 0 saturated carbocycles. The fourth-order valence-electron chi connectivity index (χ4n) is 7.15. The average Bonchev–Trinajstić information content (AvgIpc) is 3.85. The molecule has 0 spiro atoms. The summed E-state index contributed by atoms with van der Waals surface area (Å²) in [4.78, 5) is 37.3. The van der Waals surface area contributed by atoms with Crippen LogP contribution >= 0.6 is 23.5 Å². The van der Waals surface area contributed by atoms with Crippen LogP contribution in [0.15, 0.2) is 144 Å². The molecule has 2 saturated heterocycles. The van der Waals surface area contributed by atoms with Crippen LogP contribution in [0.5, 0.6) is 0 Å². The number of fused-ring (bicyclic) bond motifs is 8. The van der Waals surface area contributed by atoms with Crippen LogP contribution in [0.25, 0.3) is 0 Å². The van der Waals surface area contributed by atoms with Gasteiger partial charge in [0, 0.05) is 56.1 Å². The van der Waals surface area contributed by atoms with Gasteiger partial charge in [-0.05, 0) is 72.5 Å². The third-order valence-electron chi connectivity index (χ3n) is 9.91. The van der Waals surface area contributed by atoms with Gasteiger partial charge in [-0.2, -0.15) is 0 Å². The van der Waals surface area contributed by atoms with Crippen molar-refractivity contribution >= 4 is 64.2 Å². The number of carbonyl (C=O) groups is 1. The Labute approximate surface area is 336 Å². The quantitative estimate of drug-likeness (QED) is 0.135. The number of amides is 2. The minimum Gasteiger partial charge on any atom is -0.384 e. The largest absolute Gasteiger partial charge is 0.384 e. The number of thioether (sulfide) groups is 2. The first-order chi connectivity index (χ1) is 27.6. The van der Waals surface area contributed by atoms with Gasteiger partial charge in [0.1, 0.15) is 11.6 Å². The Kier molecular flexibility index (Phi) is 11.8. The molecule has 10 rings (SSSR count). The van der Waals surface area contributed by atoms with E-state index < -0.39 is 0 Å². The van der Waals surface area contributed by atoms with Gasteiger partial charge >= 0.3 is 6.03 Å². The molecule has 4 aliphatic heterocycles. The van der Waals surface area contributed by atoms with E-state index in [1.165, 1.54) is 23.2 Å². The van der Waals surface area contributed by atoms with Gasteiger partial charge in [-0.15, -0.1) is 23.5 Å². The van der Waals surface area contributed by atoms with E-state index in [-0.39, 0.29) is 12.1 Å². The number of pyridine rings is 4. The predicted octanol–water partition coefficient (Wildman–Crippen LogP) is 8.44. The monoisotopic (exact) mass is 780 g/mol. The molecule has 8 heterocycles. The topological polar surface area (TPSA) is 128 Å². The van der Waals surface area contributed by atoms with E-state index in [0.29, 0.717) is 17.7 Å². The maximum absolute atomic E-state index is 13.1. The Morgan fingerprint density at radius 3 is 1.96 bits per heavy atom. The highest BCUT2D eigenvalue weighted by Gasteiger charge is 2.40. The lowest BCUT2D eigenvalue weighted by Gasteiger charge is -2.35. The van der Waals surface area contributed by atoms with Gasteiger partial charge in [0.25, 0.3) is 0 Å². The molecular weight excluding hydrogens is 737 g/mol. The Hall–Kier alpha value is -5.79. The van der Waals surface area contributed by atoms with E-state index in [9.17, 15) is 4.79 Å². The summed E-state index contributed by atoms with van der Waals surface area (Å²) < 4.78 is 0. The van der Waals surface area contributed by atoms with Gasteiger partial charge in [-0.3, -0.25) is 10.2 Å². The molecule has 2 aromatic carbocycles. The third-order valence-corrected chi connectivity index (χ3v) is 11.9. The maximum Gasteiger partial charge on any atom is 0.329 e. The lowest BCUT2D eigenvalue weighted by molar-refractivity contribution is 0.254. The molecule has 0 unspecified atom stereocenters. The first-order valence-electron chi connectivity index (χ1n) is 18.9. The zero-order chi connectivity index (χ0) is 38.1. The molecule has 56 heavy (non-hydrogen) atoms. The molecule has 2 fully saturated rings. The van der Waals surface area contributed by atoms with Crippen LogP contribution in [0.3, 0.4) is 0 Å². The van der Waals surface area contributed by atoms with Gasteiger partial charge in [0.2, 0.25) is 0 Å². The number of carbonyl (C=O) groups excluding carboxylic acids is 1. The number of hydrogen-bond acceptors (Lipinski definition) is 11. The second-order valence-electron chi connectivity index (χ2n) is 13.8. The number of rotatable bonds is 7. The second kappa shape index (κ2) is 17.8. The van der Waals surface area contributed by atoms with Gasteiger partial charge in [0.15, 0.2) is 11.6 Å². The molecule has 0 aliphatic carbocycles. The van der Waals surface area contributed by atoms with Crippen LogP contribution in [0.2, 0.25) is 0 Å². The van der Waals surface area contributed by atoms with Gasteiger partial charge in [0.05, 0.1) is 27.5 Å². The Bertz CT molecular complexity index is 2200. The lowest BCUT2D eigenvalue weighted by Crippen LogP contribution is -2.48. The molecule has 4 N–H and O–H groups in total. The summed E-state index contributed by atoms with van der Waals surface area (Å²) in [7, 11) is 0. The van der Waals surface area contributed by atoms with Gasteiger partial charge in [-0.1, -0.05) is 72.8 Å². The first kappa shape index (κ1) is 37.1. The van der Waals surface area contributed by atoms with Crippen molar-refractivity contribution in [3.63, 3.8) is 0 Å². The van der Waals surface area contributed by atoms with Crippen molar-refractivity contribution in [2.75, 3.05) is 57.2 Å². The zero-order valence-electron chi connectivity index (χ0n) is 30.9. The normalized spacial score (nSPS) is 17.0. The molecule has 13 heteroatoms. The van der Waals surface area contributed by atoms with Crippen LogP contribution < -0.4 is 31.1 Å². The summed E-state index contributed by atoms with van der Waals surface area (Å²) in [6.45, 7) is 4.08. The second-order valence-corrected chi connectivity index (χ2v) is 15.8. The molecular formula is C43H44N10OS2. The number of nitrogens with zero attached hydrogens (tertiary/aromatic N) is 7. The van der Waals surface area contributed by atoms with E-state index in [1.54, 1.807) is 48.1 Å². The van der Waals surface area contributed by atoms with E-state index in [1.807, 2.05) is 47.4 Å². The Balaban J connectivity index is 0.000000140. The highest BCUT2D eigenvalue weighted by molar-refractivity contribution is 7.98. The molecule has 4 aliphatic rings. The predicted molar refractivity (Wildman–Crippen MR) is 230 cm³/mol. The zero-order valence-corrected chi connectivity index (χ0v) is 32.6. The number of nitrogens with two attached hydrogens (primary N) is 1. The summed E-state index contributed by atoms with van der Waals surface area (Å²) in [5.74, 6) is 4.75. The Morgan fingerprint density at radius 2 is 1.32 bits per heavy atom. The minimum absolute atomic E-state index is 0.132. The van der Waals surface area contributed by atoms with Crippen LogP contribution in [0.1, 0.15) is 24.0 Å². The summed E-state index contributed by atoms with van der Waals surface area (Å²) in [6, 6.07) is 40.9. The summed E-state index contributed by atoms with van der Waals surface area (Å²) in [6.07, 6.45) is 5.50. The number of aromatic nitrogens is 4. The average molecular weight is 781 g/mol. The number of hydrogen-bond donors (Lipinski definition) is 3. The molecule has 11 nitrogen and oxygen atoms in total. The van der Waals surface area contributed by atoms with Crippen molar-refractivity contribution in [2.45, 2.75) is 46.5 Å². The number of benzene rings is 2. The molecule has 0 radical (unpaired) electrons. The van der Waals surface area contributed by atoms with Crippen LogP contribution in [0, 0.1) is 0 Å². The smallest absolute Gasteiger partial charge is 0.329 e. The Morgan fingerprint density at radius 1 is 0.696 bits per heavy atom. The van der Waals surface area contributed by atoms with Gasteiger partial charge in [-0.25, -0.2) is 24.7 Å². The minimum atomic E-state index is -0.172. The van der Waals surface area contributed by atoms with Crippen molar-refractivity contribution in [1.29, 1.82) is 0 Å². The fraction of sp³-hybridized carbons (Fsp3) is 0.233. The van der Waals surface area contributed by atoms with Crippen LogP contribution in [0.4, 0.5) is 39.4 Å².